The van der Waals surface area contributed by atoms with Gasteiger partial charge in [0.15, 0.2) is 5.43 Å². The number of carbonyl (C=O) groups excluding carboxylic acids is 1. The number of hydrogen-bond donors (Lipinski definition) is 0. The monoisotopic (exact) mass is 501 g/mol. The molecule has 1 atom stereocenters. The second-order valence-electron chi connectivity index (χ2n) is 9.23. The Morgan fingerprint density at radius 3 is 2.53 bits per heavy atom. The summed E-state index contributed by atoms with van der Waals surface area (Å²) >= 11 is 6.44. The fourth-order valence-corrected chi connectivity index (χ4v) is 4.94. The molecule has 0 fully saturated rings. The van der Waals surface area contributed by atoms with Crippen LogP contribution in [0.2, 0.25) is 5.02 Å². The number of unbranched alkanes of at least 4 members (excludes halogenated alkanes) is 2. The lowest BCUT2D eigenvalue weighted by atomic mass is 9.98. The maximum absolute atomic E-state index is 13.7. The largest absolute Gasteiger partial charge is 0.494 e. The van der Waals surface area contributed by atoms with Gasteiger partial charge in [0.2, 0.25) is 5.76 Å². The first-order valence-electron chi connectivity index (χ1n) is 12.3. The summed E-state index contributed by atoms with van der Waals surface area (Å²) in [7, 11) is 0. The zero-order chi connectivity index (χ0) is 25.2. The van der Waals surface area contributed by atoms with Crippen LogP contribution in [0, 0.1) is 6.92 Å². The standard InChI is InChI=1S/C30H28ClNO4/c1-3-4-7-16-35-22-13-11-20(12-14-22)27-26-28(33)23-17-19(2)10-15-25(23)36-29(26)30(34)32(27)18-21-8-5-6-9-24(21)31/h5-6,8-15,17,27H,3-4,7,16,18H2,1-2H3. The summed E-state index contributed by atoms with van der Waals surface area (Å²) in [6.45, 7) is 4.99. The number of aryl methyl sites for hydroxylation is 1. The minimum Gasteiger partial charge on any atom is -0.494 e. The van der Waals surface area contributed by atoms with Crippen molar-refractivity contribution in [2.75, 3.05) is 6.61 Å². The molecule has 2 heterocycles. The first-order chi connectivity index (χ1) is 17.5. The highest BCUT2D eigenvalue weighted by atomic mass is 35.5. The van der Waals surface area contributed by atoms with E-state index in [9.17, 15) is 9.59 Å². The van der Waals surface area contributed by atoms with Crippen LogP contribution in [0.4, 0.5) is 0 Å². The van der Waals surface area contributed by atoms with E-state index in [1.54, 1.807) is 17.0 Å². The topological polar surface area (TPSA) is 59.8 Å². The van der Waals surface area contributed by atoms with Crippen LogP contribution in [-0.2, 0) is 6.54 Å². The molecule has 0 spiro atoms. The fourth-order valence-electron chi connectivity index (χ4n) is 4.74. The number of halogens is 1. The predicted molar refractivity (Wildman–Crippen MR) is 142 cm³/mol. The Labute approximate surface area is 215 Å². The number of ether oxygens (including phenoxy) is 1. The molecule has 184 valence electrons. The Balaban J connectivity index is 1.59. The Hall–Kier alpha value is -3.57. The molecule has 1 aliphatic rings. The lowest BCUT2D eigenvalue weighted by Crippen LogP contribution is -2.29. The molecule has 5 nitrogen and oxygen atoms in total. The number of nitrogens with zero attached hydrogens (tertiary/aromatic N) is 1. The Bertz CT molecular complexity index is 1480. The van der Waals surface area contributed by atoms with Crippen molar-refractivity contribution >= 4 is 28.5 Å². The first kappa shape index (κ1) is 24.1. The molecule has 0 radical (unpaired) electrons. The van der Waals surface area contributed by atoms with E-state index in [1.165, 1.54) is 0 Å². The van der Waals surface area contributed by atoms with Crippen LogP contribution in [0.5, 0.6) is 5.75 Å². The molecule has 6 heteroatoms. The number of benzene rings is 3. The van der Waals surface area contributed by atoms with Gasteiger partial charge < -0.3 is 14.1 Å². The van der Waals surface area contributed by atoms with Crippen LogP contribution in [-0.4, -0.2) is 17.4 Å². The molecule has 1 aromatic heterocycles. The van der Waals surface area contributed by atoms with Gasteiger partial charge in [0, 0.05) is 11.6 Å². The lowest BCUT2D eigenvalue weighted by Gasteiger charge is -2.25. The molecule has 0 aliphatic carbocycles. The number of carbonyl (C=O) groups is 1. The second kappa shape index (κ2) is 10.2. The molecule has 0 saturated heterocycles. The van der Waals surface area contributed by atoms with Crippen molar-refractivity contribution in [3.63, 3.8) is 0 Å². The SMILES string of the molecule is CCCCCOc1ccc(C2c3c(oc4ccc(C)cc4c3=O)C(=O)N2Cc2ccccc2Cl)cc1. The zero-order valence-corrected chi connectivity index (χ0v) is 21.2. The molecule has 1 amide bonds. The van der Waals surface area contributed by atoms with Gasteiger partial charge >= 0.3 is 0 Å². The van der Waals surface area contributed by atoms with Crippen LogP contribution < -0.4 is 10.2 Å². The Kier molecular flexibility index (Phi) is 6.84. The molecule has 0 saturated carbocycles. The third-order valence-corrected chi connectivity index (χ3v) is 7.00. The maximum Gasteiger partial charge on any atom is 0.291 e. The molecule has 4 aromatic rings. The van der Waals surface area contributed by atoms with Crippen LogP contribution in [0.1, 0.15) is 65.0 Å². The lowest BCUT2D eigenvalue weighted by molar-refractivity contribution is 0.0714. The minimum atomic E-state index is -0.598. The first-order valence-corrected chi connectivity index (χ1v) is 12.7. The van der Waals surface area contributed by atoms with Crippen molar-refractivity contribution < 1.29 is 13.9 Å². The van der Waals surface area contributed by atoms with Crippen LogP contribution in [0.3, 0.4) is 0 Å². The third-order valence-electron chi connectivity index (χ3n) is 6.63. The summed E-state index contributed by atoms with van der Waals surface area (Å²) in [5.74, 6) is 0.529. The minimum absolute atomic E-state index is 0.0910. The van der Waals surface area contributed by atoms with Crippen molar-refractivity contribution in [2.24, 2.45) is 0 Å². The van der Waals surface area contributed by atoms with Crippen LogP contribution in [0.25, 0.3) is 11.0 Å². The molecule has 3 aromatic carbocycles. The van der Waals surface area contributed by atoms with Crippen molar-refractivity contribution in [1.29, 1.82) is 0 Å². The quantitative estimate of drug-likeness (QED) is 0.242. The zero-order valence-electron chi connectivity index (χ0n) is 20.4. The van der Waals surface area contributed by atoms with Crippen LogP contribution >= 0.6 is 11.6 Å². The molecule has 0 bridgehead atoms. The van der Waals surface area contributed by atoms with E-state index in [0.717, 1.165) is 41.7 Å². The van der Waals surface area contributed by atoms with Gasteiger partial charge in [-0.05, 0) is 54.8 Å². The van der Waals surface area contributed by atoms with Crippen LogP contribution in [0.15, 0.2) is 75.9 Å². The van der Waals surface area contributed by atoms with E-state index < -0.39 is 6.04 Å². The van der Waals surface area contributed by atoms with Gasteiger partial charge in [0.1, 0.15) is 11.3 Å². The number of amides is 1. The Morgan fingerprint density at radius 1 is 1.00 bits per heavy atom. The normalized spacial score (nSPS) is 14.9. The van der Waals surface area contributed by atoms with Crippen molar-refractivity contribution in [3.8, 4) is 5.75 Å². The summed E-state index contributed by atoms with van der Waals surface area (Å²) in [5.41, 5.74) is 3.15. The molecule has 36 heavy (non-hydrogen) atoms. The highest BCUT2D eigenvalue weighted by molar-refractivity contribution is 6.31. The van der Waals surface area contributed by atoms with E-state index in [0.29, 0.717) is 28.2 Å². The fraction of sp³-hybridized carbons (Fsp3) is 0.267. The van der Waals surface area contributed by atoms with E-state index >= 15 is 0 Å². The maximum atomic E-state index is 13.7. The average molecular weight is 502 g/mol. The highest BCUT2D eigenvalue weighted by Crippen LogP contribution is 2.40. The molecule has 1 unspecified atom stereocenters. The second-order valence-corrected chi connectivity index (χ2v) is 9.63. The summed E-state index contributed by atoms with van der Waals surface area (Å²) in [6, 6.07) is 19.9. The van der Waals surface area contributed by atoms with Gasteiger partial charge in [-0.15, -0.1) is 0 Å². The summed E-state index contributed by atoms with van der Waals surface area (Å²) < 4.78 is 11.9. The summed E-state index contributed by atoms with van der Waals surface area (Å²) in [4.78, 5) is 29.1. The predicted octanol–water partition coefficient (Wildman–Crippen LogP) is 7.07. The molecule has 0 N–H and O–H groups in total. The van der Waals surface area contributed by atoms with Gasteiger partial charge in [0.25, 0.3) is 5.91 Å². The number of fused-ring (bicyclic) bond motifs is 2. The van der Waals surface area contributed by atoms with Crippen molar-refractivity contribution in [3.05, 3.63) is 110 Å². The van der Waals surface area contributed by atoms with E-state index in [1.807, 2.05) is 61.5 Å². The van der Waals surface area contributed by atoms with E-state index in [-0.39, 0.29) is 23.6 Å². The average Bonchev–Trinajstić information content (AvgIpc) is 3.16. The van der Waals surface area contributed by atoms with Crippen molar-refractivity contribution in [1.82, 2.24) is 4.90 Å². The molecular weight excluding hydrogens is 474 g/mol. The third kappa shape index (κ3) is 4.51. The van der Waals surface area contributed by atoms with Gasteiger partial charge in [-0.25, -0.2) is 0 Å². The van der Waals surface area contributed by atoms with E-state index in [2.05, 4.69) is 6.92 Å². The molecular formula is C30H28ClNO4. The van der Waals surface area contributed by atoms with Gasteiger partial charge in [0.05, 0.1) is 23.6 Å². The van der Waals surface area contributed by atoms with Gasteiger partial charge in [-0.1, -0.05) is 73.3 Å². The van der Waals surface area contributed by atoms with Gasteiger partial charge in [-0.3, -0.25) is 9.59 Å². The smallest absolute Gasteiger partial charge is 0.291 e. The Morgan fingerprint density at radius 2 is 1.78 bits per heavy atom. The van der Waals surface area contributed by atoms with Crippen molar-refractivity contribution in [2.45, 2.75) is 45.7 Å². The number of rotatable bonds is 8. The highest BCUT2D eigenvalue weighted by Gasteiger charge is 2.42. The summed E-state index contributed by atoms with van der Waals surface area (Å²) in [6.07, 6.45) is 3.26. The number of hydrogen-bond acceptors (Lipinski definition) is 4. The van der Waals surface area contributed by atoms with E-state index in [4.69, 9.17) is 20.8 Å². The molecule has 1 aliphatic heterocycles. The summed E-state index contributed by atoms with van der Waals surface area (Å²) in [5, 5.41) is 1.04. The van der Waals surface area contributed by atoms with Gasteiger partial charge in [-0.2, -0.15) is 0 Å². The molecule has 5 rings (SSSR count).